The van der Waals surface area contributed by atoms with Gasteiger partial charge in [0.15, 0.2) is 5.17 Å². The molecule has 1 aromatic heterocycles. The Labute approximate surface area is 140 Å². The molecule has 23 heavy (non-hydrogen) atoms. The molecule has 1 N–H and O–H groups in total. The van der Waals surface area contributed by atoms with E-state index in [1.54, 1.807) is 6.20 Å². The van der Waals surface area contributed by atoms with Crippen molar-refractivity contribution in [2.24, 2.45) is 4.99 Å². The number of rotatable bonds is 5. The van der Waals surface area contributed by atoms with E-state index in [-0.39, 0.29) is 5.91 Å². The molecule has 1 aliphatic rings. The van der Waals surface area contributed by atoms with Gasteiger partial charge >= 0.3 is 0 Å². The molecule has 2 aromatic rings. The lowest BCUT2D eigenvalue weighted by molar-refractivity contribution is -0.115. The highest BCUT2D eigenvalue weighted by Gasteiger charge is 2.23. The predicted octanol–water partition coefficient (Wildman–Crippen LogP) is 3.98. The van der Waals surface area contributed by atoms with Crippen LogP contribution in [0.25, 0.3) is 17.0 Å². The Kier molecular flexibility index (Phi) is 5.08. The molecule has 0 radical (unpaired) electrons. The molecule has 5 heteroatoms. The van der Waals surface area contributed by atoms with Crippen LogP contribution in [0.3, 0.4) is 0 Å². The molecule has 3 rings (SSSR count). The maximum absolute atomic E-state index is 12.0. The van der Waals surface area contributed by atoms with Crippen LogP contribution in [0.2, 0.25) is 0 Å². The average molecular weight is 325 g/mol. The number of nitrogens with zero attached hydrogens (tertiary/aromatic N) is 2. The minimum atomic E-state index is -0.0736. The second-order valence-electron chi connectivity index (χ2n) is 5.41. The van der Waals surface area contributed by atoms with E-state index in [1.165, 1.54) is 24.6 Å². The number of pyridine rings is 1. The van der Waals surface area contributed by atoms with E-state index >= 15 is 0 Å². The van der Waals surface area contributed by atoms with Gasteiger partial charge in [-0.25, -0.2) is 0 Å². The Morgan fingerprint density at radius 1 is 1.30 bits per heavy atom. The molecule has 0 spiro atoms. The fraction of sp³-hybridized carbons (Fsp3) is 0.278. The second-order valence-corrected chi connectivity index (χ2v) is 6.44. The first-order valence-corrected chi connectivity index (χ1v) is 8.68. The number of nitrogens with one attached hydrogen (secondary N) is 1. The molecule has 4 nitrogen and oxygen atoms in total. The van der Waals surface area contributed by atoms with Crippen molar-refractivity contribution in [3.63, 3.8) is 0 Å². The van der Waals surface area contributed by atoms with Crippen LogP contribution >= 0.6 is 11.8 Å². The Bertz CT molecular complexity index is 783. The van der Waals surface area contributed by atoms with E-state index in [4.69, 9.17) is 0 Å². The summed E-state index contributed by atoms with van der Waals surface area (Å²) in [5.74, 6) is -0.0736. The van der Waals surface area contributed by atoms with Crippen molar-refractivity contribution in [3.8, 4) is 0 Å². The molecule has 1 amide bonds. The predicted molar refractivity (Wildman–Crippen MR) is 97.3 cm³/mol. The Morgan fingerprint density at radius 3 is 3.09 bits per heavy atom. The zero-order valence-electron chi connectivity index (χ0n) is 13.1. The van der Waals surface area contributed by atoms with Crippen molar-refractivity contribution < 1.29 is 4.79 Å². The van der Waals surface area contributed by atoms with Crippen LogP contribution in [0.1, 0.15) is 31.7 Å². The van der Waals surface area contributed by atoms with Crippen molar-refractivity contribution in [3.05, 3.63) is 47.0 Å². The number of fused-ring (bicyclic) bond motifs is 1. The number of aromatic nitrogens is 1. The number of thioether (sulfide) groups is 1. The quantitative estimate of drug-likeness (QED) is 0.668. The van der Waals surface area contributed by atoms with Crippen LogP contribution in [0, 0.1) is 0 Å². The molecule has 1 fully saturated rings. The number of amidine groups is 1. The fourth-order valence-electron chi connectivity index (χ4n) is 2.38. The van der Waals surface area contributed by atoms with E-state index in [2.05, 4.69) is 22.2 Å². The Hall–Kier alpha value is -2.14. The van der Waals surface area contributed by atoms with Crippen molar-refractivity contribution in [2.75, 3.05) is 6.54 Å². The third-order valence-corrected chi connectivity index (χ3v) is 4.54. The summed E-state index contributed by atoms with van der Waals surface area (Å²) < 4.78 is 0. The van der Waals surface area contributed by atoms with Crippen molar-refractivity contribution in [2.45, 2.75) is 26.2 Å². The van der Waals surface area contributed by atoms with Gasteiger partial charge in [-0.1, -0.05) is 31.9 Å². The van der Waals surface area contributed by atoms with Crippen LogP contribution in [0.4, 0.5) is 0 Å². The Morgan fingerprint density at radius 2 is 2.22 bits per heavy atom. The number of carbonyl (C=O) groups excluding carboxylic acids is 1. The lowest BCUT2D eigenvalue weighted by Crippen LogP contribution is -2.19. The van der Waals surface area contributed by atoms with Gasteiger partial charge < -0.3 is 5.32 Å². The summed E-state index contributed by atoms with van der Waals surface area (Å²) in [5, 5.41) is 4.61. The third kappa shape index (κ3) is 3.99. The summed E-state index contributed by atoms with van der Waals surface area (Å²) in [6, 6.07) is 9.93. The highest BCUT2D eigenvalue weighted by molar-refractivity contribution is 8.18. The number of amides is 1. The van der Waals surface area contributed by atoms with E-state index < -0.39 is 0 Å². The summed E-state index contributed by atoms with van der Waals surface area (Å²) in [7, 11) is 0. The molecule has 118 valence electrons. The zero-order valence-corrected chi connectivity index (χ0v) is 13.9. The molecular formula is C18H19N3OS. The maximum atomic E-state index is 12.0. The first kappa shape index (κ1) is 15.7. The van der Waals surface area contributed by atoms with Gasteiger partial charge in [-0.2, -0.15) is 0 Å². The summed E-state index contributed by atoms with van der Waals surface area (Å²) in [6.07, 6.45) is 7.09. The smallest absolute Gasteiger partial charge is 0.264 e. The van der Waals surface area contributed by atoms with Gasteiger partial charge in [0.1, 0.15) is 0 Å². The molecular weight excluding hydrogens is 306 g/mol. The van der Waals surface area contributed by atoms with E-state index in [0.29, 0.717) is 10.1 Å². The standard InChI is InChI=1S/C18H19N3OS/c1-2-3-4-9-20-18-21-17(22)16(23-18)12-13-7-8-15-14(11-13)6-5-10-19-15/h5-8,10-12H,2-4,9H2,1H3,(H,20,21,22). The van der Waals surface area contributed by atoms with Gasteiger partial charge in [-0.3, -0.25) is 14.8 Å². The molecule has 0 saturated carbocycles. The van der Waals surface area contributed by atoms with Crippen LogP contribution in [0.5, 0.6) is 0 Å². The fourth-order valence-corrected chi connectivity index (χ4v) is 3.23. The molecule has 0 bridgehead atoms. The third-order valence-electron chi connectivity index (χ3n) is 3.59. The van der Waals surface area contributed by atoms with Gasteiger partial charge in [0.2, 0.25) is 0 Å². The minimum Gasteiger partial charge on any atom is -0.301 e. The maximum Gasteiger partial charge on any atom is 0.264 e. The molecule has 2 heterocycles. The molecule has 0 unspecified atom stereocenters. The van der Waals surface area contributed by atoms with Gasteiger partial charge in [0.05, 0.1) is 10.4 Å². The summed E-state index contributed by atoms with van der Waals surface area (Å²) in [6.45, 7) is 2.94. The van der Waals surface area contributed by atoms with E-state index in [9.17, 15) is 4.79 Å². The van der Waals surface area contributed by atoms with E-state index in [1.807, 2.05) is 36.4 Å². The Balaban J connectivity index is 1.74. The number of benzene rings is 1. The summed E-state index contributed by atoms with van der Waals surface area (Å²) in [5.41, 5.74) is 1.95. The molecule has 0 atom stereocenters. The number of hydrogen-bond acceptors (Lipinski definition) is 4. The average Bonchev–Trinajstić information content (AvgIpc) is 2.91. The molecule has 1 aliphatic heterocycles. The van der Waals surface area contributed by atoms with E-state index in [0.717, 1.165) is 29.4 Å². The summed E-state index contributed by atoms with van der Waals surface area (Å²) in [4.78, 5) is 21.5. The largest absolute Gasteiger partial charge is 0.301 e. The highest BCUT2D eigenvalue weighted by Crippen LogP contribution is 2.26. The summed E-state index contributed by atoms with van der Waals surface area (Å²) >= 11 is 1.41. The van der Waals surface area contributed by atoms with Crippen LogP contribution < -0.4 is 5.32 Å². The van der Waals surface area contributed by atoms with Gasteiger partial charge in [-0.15, -0.1) is 0 Å². The number of unbranched alkanes of at least 4 members (excludes halogenated alkanes) is 2. The molecule has 1 saturated heterocycles. The van der Waals surface area contributed by atoms with Gasteiger partial charge in [0, 0.05) is 18.1 Å². The number of carbonyl (C=O) groups is 1. The normalized spacial score (nSPS) is 18.0. The van der Waals surface area contributed by atoms with Crippen molar-refractivity contribution >= 4 is 39.8 Å². The van der Waals surface area contributed by atoms with Crippen molar-refractivity contribution in [1.29, 1.82) is 0 Å². The van der Waals surface area contributed by atoms with Gasteiger partial charge in [0.25, 0.3) is 5.91 Å². The first-order chi connectivity index (χ1) is 11.3. The second kappa shape index (κ2) is 7.42. The molecule has 1 aromatic carbocycles. The minimum absolute atomic E-state index is 0.0736. The number of aliphatic imine (C=N–C) groups is 1. The SMILES string of the molecule is CCCCCN=C1NC(=O)C(=Cc2ccc3ncccc3c2)S1. The number of hydrogen-bond donors (Lipinski definition) is 1. The lowest BCUT2D eigenvalue weighted by atomic mass is 10.1. The lowest BCUT2D eigenvalue weighted by Gasteiger charge is -1.99. The first-order valence-electron chi connectivity index (χ1n) is 7.86. The zero-order chi connectivity index (χ0) is 16.1. The molecule has 0 aliphatic carbocycles. The van der Waals surface area contributed by atoms with Crippen molar-refractivity contribution in [1.82, 2.24) is 10.3 Å². The topological polar surface area (TPSA) is 54.4 Å². The van der Waals surface area contributed by atoms with Crippen LogP contribution in [-0.2, 0) is 4.79 Å². The monoisotopic (exact) mass is 325 g/mol. The van der Waals surface area contributed by atoms with Gasteiger partial charge in [-0.05, 0) is 48.0 Å². The van der Waals surface area contributed by atoms with Crippen LogP contribution in [0.15, 0.2) is 46.4 Å². The highest BCUT2D eigenvalue weighted by atomic mass is 32.2. The van der Waals surface area contributed by atoms with Crippen LogP contribution in [-0.4, -0.2) is 22.6 Å².